The highest BCUT2D eigenvalue weighted by Gasteiger charge is 2.39. The first-order valence-electron chi connectivity index (χ1n) is 6.22. The van der Waals surface area contributed by atoms with Gasteiger partial charge in [0.15, 0.2) is 0 Å². The van der Waals surface area contributed by atoms with E-state index in [9.17, 15) is 9.00 Å². The molecule has 0 N–H and O–H groups in total. The molecule has 0 fully saturated rings. The smallest absolute Gasteiger partial charge is 0.334 e. The van der Waals surface area contributed by atoms with Crippen molar-refractivity contribution in [2.24, 2.45) is 0 Å². The Kier molecular flexibility index (Phi) is 4.35. The number of hydrogen-bond acceptors (Lipinski definition) is 3. The Hall–Kier alpha value is -1.94. The van der Waals surface area contributed by atoms with Crippen LogP contribution in [0, 0.1) is 0 Å². The summed E-state index contributed by atoms with van der Waals surface area (Å²) in [6.45, 7) is 1.78. The Labute approximate surface area is 121 Å². The summed E-state index contributed by atoms with van der Waals surface area (Å²) in [5, 5.41) is 0. The molecule has 4 heteroatoms. The average molecular weight is 288 g/mol. The Morgan fingerprint density at radius 3 is 1.70 bits per heavy atom. The lowest BCUT2D eigenvalue weighted by molar-refractivity contribution is -0.137. The van der Waals surface area contributed by atoms with E-state index in [1.54, 1.807) is 6.92 Å². The molecule has 0 aliphatic rings. The summed E-state index contributed by atoms with van der Waals surface area (Å²) in [4.78, 5) is 12.5. The topological polar surface area (TPSA) is 43.4 Å². The van der Waals surface area contributed by atoms with Crippen LogP contribution in [0.3, 0.4) is 0 Å². The SMILES string of the molecule is CS(=O)OC(=O)C(C)(c1ccccc1)c1ccccc1. The lowest BCUT2D eigenvalue weighted by Gasteiger charge is -2.27. The van der Waals surface area contributed by atoms with E-state index in [0.717, 1.165) is 11.1 Å². The predicted molar refractivity (Wildman–Crippen MR) is 79.5 cm³/mol. The Bertz CT molecular complexity index is 569. The summed E-state index contributed by atoms with van der Waals surface area (Å²) in [7, 11) is 0. The van der Waals surface area contributed by atoms with Gasteiger partial charge in [0.1, 0.15) is 5.41 Å². The summed E-state index contributed by atoms with van der Waals surface area (Å²) in [6, 6.07) is 18.7. The zero-order chi connectivity index (χ0) is 14.6. The van der Waals surface area contributed by atoms with Crippen LogP contribution in [0.1, 0.15) is 18.1 Å². The average Bonchev–Trinajstić information content (AvgIpc) is 2.47. The van der Waals surface area contributed by atoms with Crippen LogP contribution in [-0.4, -0.2) is 16.4 Å². The maximum atomic E-state index is 12.5. The number of benzene rings is 2. The molecule has 0 saturated carbocycles. The van der Waals surface area contributed by atoms with Crippen LogP contribution in [0.25, 0.3) is 0 Å². The van der Waals surface area contributed by atoms with Crippen LogP contribution < -0.4 is 0 Å². The van der Waals surface area contributed by atoms with Crippen molar-refractivity contribution in [1.82, 2.24) is 0 Å². The second-order valence-electron chi connectivity index (χ2n) is 4.63. The molecule has 0 heterocycles. The van der Waals surface area contributed by atoms with Crippen molar-refractivity contribution in [3.8, 4) is 0 Å². The van der Waals surface area contributed by atoms with E-state index < -0.39 is 22.5 Å². The largest absolute Gasteiger partial charge is 0.363 e. The number of hydrogen-bond donors (Lipinski definition) is 0. The fourth-order valence-corrected chi connectivity index (χ4v) is 2.52. The second kappa shape index (κ2) is 6.01. The Morgan fingerprint density at radius 2 is 1.35 bits per heavy atom. The van der Waals surface area contributed by atoms with Gasteiger partial charge in [-0.2, -0.15) is 0 Å². The molecule has 0 aromatic heterocycles. The van der Waals surface area contributed by atoms with E-state index in [2.05, 4.69) is 0 Å². The molecule has 0 aliphatic carbocycles. The van der Waals surface area contributed by atoms with Gasteiger partial charge in [-0.05, 0) is 18.1 Å². The highest BCUT2D eigenvalue weighted by atomic mass is 32.2. The highest BCUT2D eigenvalue weighted by Crippen LogP contribution is 2.33. The molecule has 2 aromatic rings. The Morgan fingerprint density at radius 1 is 0.950 bits per heavy atom. The van der Waals surface area contributed by atoms with Gasteiger partial charge < -0.3 is 4.18 Å². The third kappa shape index (κ3) is 2.80. The third-order valence-corrected chi connectivity index (χ3v) is 3.69. The molecule has 2 rings (SSSR count). The van der Waals surface area contributed by atoms with Crippen molar-refractivity contribution < 1.29 is 13.2 Å². The lowest BCUT2D eigenvalue weighted by Crippen LogP contribution is -2.36. The van der Waals surface area contributed by atoms with Crippen molar-refractivity contribution in [2.75, 3.05) is 6.26 Å². The first-order chi connectivity index (χ1) is 9.55. The monoisotopic (exact) mass is 288 g/mol. The van der Waals surface area contributed by atoms with Gasteiger partial charge in [0.2, 0.25) is 11.1 Å². The van der Waals surface area contributed by atoms with Gasteiger partial charge in [-0.15, -0.1) is 0 Å². The van der Waals surface area contributed by atoms with Crippen LogP contribution in [0.4, 0.5) is 0 Å². The standard InChI is InChI=1S/C16H16O3S/c1-16(15(17)19-20(2)18,13-9-5-3-6-10-13)14-11-7-4-8-12-14/h3-12H,1-2H3. The lowest BCUT2D eigenvalue weighted by atomic mass is 9.76. The predicted octanol–water partition coefficient (Wildman–Crippen LogP) is 2.83. The van der Waals surface area contributed by atoms with Crippen molar-refractivity contribution in [1.29, 1.82) is 0 Å². The molecule has 3 nitrogen and oxygen atoms in total. The minimum Gasteiger partial charge on any atom is -0.363 e. The summed E-state index contributed by atoms with van der Waals surface area (Å²) < 4.78 is 16.2. The molecule has 20 heavy (non-hydrogen) atoms. The molecule has 0 saturated heterocycles. The fraction of sp³-hybridized carbons (Fsp3) is 0.188. The molecule has 0 aliphatic heterocycles. The summed E-state index contributed by atoms with van der Waals surface area (Å²) in [5.74, 6) is -0.518. The number of carbonyl (C=O) groups is 1. The van der Waals surface area contributed by atoms with E-state index in [1.807, 2.05) is 60.7 Å². The van der Waals surface area contributed by atoms with E-state index in [0.29, 0.717) is 0 Å². The minimum atomic E-state index is -1.64. The maximum absolute atomic E-state index is 12.5. The molecular weight excluding hydrogens is 272 g/mol. The van der Waals surface area contributed by atoms with Gasteiger partial charge in [-0.1, -0.05) is 60.7 Å². The fourth-order valence-electron chi connectivity index (χ4n) is 2.14. The van der Waals surface area contributed by atoms with Crippen LogP contribution in [0.5, 0.6) is 0 Å². The van der Waals surface area contributed by atoms with Crippen LogP contribution in [0.15, 0.2) is 60.7 Å². The van der Waals surface area contributed by atoms with Gasteiger partial charge in [-0.3, -0.25) is 0 Å². The van der Waals surface area contributed by atoms with E-state index in [1.165, 1.54) is 6.26 Å². The summed E-state index contributed by atoms with van der Waals surface area (Å²) >= 11 is -1.64. The van der Waals surface area contributed by atoms with E-state index in [-0.39, 0.29) is 0 Å². The minimum absolute atomic E-state index is 0.518. The molecule has 2 aromatic carbocycles. The van der Waals surface area contributed by atoms with Gasteiger partial charge in [0, 0.05) is 6.26 Å². The van der Waals surface area contributed by atoms with Crippen LogP contribution in [0.2, 0.25) is 0 Å². The molecule has 1 unspecified atom stereocenters. The molecule has 0 radical (unpaired) electrons. The van der Waals surface area contributed by atoms with E-state index >= 15 is 0 Å². The van der Waals surface area contributed by atoms with Crippen molar-refractivity contribution in [3.05, 3.63) is 71.8 Å². The van der Waals surface area contributed by atoms with Crippen molar-refractivity contribution in [2.45, 2.75) is 12.3 Å². The van der Waals surface area contributed by atoms with Crippen molar-refractivity contribution >= 4 is 17.0 Å². The normalized spacial score (nSPS) is 12.7. The first-order valence-corrected chi connectivity index (χ1v) is 7.70. The third-order valence-electron chi connectivity index (χ3n) is 3.30. The van der Waals surface area contributed by atoms with E-state index in [4.69, 9.17) is 4.18 Å². The second-order valence-corrected chi connectivity index (χ2v) is 5.60. The Balaban J connectivity index is 2.55. The summed E-state index contributed by atoms with van der Waals surface area (Å²) in [5.41, 5.74) is 0.636. The molecule has 0 spiro atoms. The number of carbonyl (C=O) groups excluding carboxylic acids is 1. The van der Waals surface area contributed by atoms with Gasteiger partial charge in [0.05, 0.1) is 0 Å². The molecule has 0 amide bonds. The van der Waals surface area contributed by atoms with Crippen molar-refractivity contribution in [3.63, 3.8) is 0 Å². The molecule has 104 valence electrons. The summed E-state index contributed by atoms with van der Waals surface area (Å²) in [6.07, 6.45) is 1.34. The molecule has 1 atom stereocenters. The molecular formula is C16H16O3S. The highest BCUT2D eigenvalue weighted by molar-refractivity contribution is 7.79. The quantitative estimate of drug-likeness (QED) is 0.869. The van der Waals surface area contributed by atoms with Gasteiger partial charge in [0.25, 0.3) is 0 Å². The number of rotatable bonds is 4. The van der Waals surface area contributed by atoms with Crippen LogP contribution in [-0.2, 0) is 25.5 Å². The zero-order valence-corrected chi connectivity index (χ0v) is 12.2. The van der Waals surface area contributed by atoms with Gasteiger partial charge in [-0.25, -0.2) is 9.00 Å². The van der Waals surface area contributed by atoms with Crippen LogP contribution >= 0.6 is 0 Å². The van der Waals surface area contributed by atoms with Gasteiger partial charge >= 0.3 is 5.97 Å². The maximum Gasteiger partial charge on any atom is 0.334 e. The first kappa shape index (κ1) is 14.5. The zero-order valence-electron chi connectivity index (χ0n) is 11.4. The molecule has 0 bridgehead atoms.